The smallest absolute Gasteiger partial charge is 0.200 e. The maximum atomic E-state index is 13.4. The molecule has 1 aromatic rings. The lowest BCUT2D eigenvalue weighted by Crippen LogP contribution is -2.35. The summed E-state index contributed by atoms with van der Waals surface area (Å²) in [6, 6.07) is 4.30. The summed E-state index contributed by atoms with van der Waals surface area (Å²) in [5.74, 6) is -1.83. The first kappa shape index (κ1) is 13.9. The van der Waals surface area contributed by atoms with Gasteiger partial charge in [-0.2, -0.15) is 4.39 Å². The largest absolute Gasteiger partial charge is 0.486 e. The van der Waals surface area contributed by atoms with Gasteiger partial charge in [-0.3, -0.25) is 0 Å². The van der Waals surface area contributed by atoms with Crippen LogP contribution in [0.1, 0.15) is 27.2 Å². The number of ether oxygens (including phenoxy) is 1. The molecule has 0 aliphatic carbocycles. The Balaban J connectivity index is 2.64. The zero-order valence-corrected chi connectivity index (χ0v) is 10.5. The van der Waals surface area contributed by atoms with Crippen LogP contribution in [0, 0.1) is 11.6 Å². The van der Waals surface area contributed by atoms with E-state index >= 15 is 0 Å². The molecule has 0 aromatic heterocycles. The molecule has 0 aliphatic heterocycles. The summed E-state index contributed by atoms with van der Waals surface area (Å²) >= 11 is 0. The maximum absolute atomic E-state index is 13.4. The first-order valence-corrected chi connectivity index (χ1v) is 5.88. The zero-order valence-electron chi connectivity index (χ0n) is 10.5. The number of rotatable bonds is 6. The predicted molar refractivity (Wildman–Crippen MR) is 64.2 cm³/mol. The monoisotopic (exact) mass is 243 g/mol. The maximum Gasteiger partial charge on any atom is 0.200 e. The van der Waals surface area contributed by atoms with Crippen molar-refractivity contribution >= 4 is 0 Å². The van der Waals surface area contributed by atoms with Gasteiger partial charge in [-0.15, -0.1) is 0 Å². The molecular weight excluding hydrogens is 224 g/mol. The van der Waals surface area contributed by atoms with Crippen molar-refractivity contribution in [2.24, 2.45) is 0 Å². The Morgan fingerprint density at radius 1 is 1.29 bits per heavy atom. The molecule has 2 nitrogen and oxygen atoms in total. The summed E-state index contributed by atoms with van der Waals surface area (Å²) in [5, 5.41) is 3.21. The van der Waals surface area contributed by atoms with Crippen LogP contribution in [-0.4, -0.2) is 18.7 Å². The van der Waals surface area contributed by atoms with E-state index in [1.807, 2.05) is 20.8 Å². The summed E-state index contributed by atoms with van der Waals surface area (Å²) in [5.41, 5.74) is 0. The van der Waals surface area contributed by atoms with Crippen LogP contribution >= 0.6 is 0 Å². The van der Waals surface area contributed by atoms with Gasteiger partial charge in [0.1, 0.15) is 6.10 Å². The SMILES string of the molecule is CCC(CNC(C)C)Oc1cccc(F)c1F. The standard InChI is InChI=1S/C13H19F2NO/c1-4-10(8-16-9(2)3)17-12-7-5-6-11(14)13(12)15/h5-7,9-10,16H,4,8H2,1-3H3. The molecule has 17 heavy (non-hydrogen) atoms. The zero-order chi connectivity index (χ0) is 12.8. The van der Waals surface area contributed by atoms with Crippen LogP contribution < -0.4 is 10.1 Å². The van der Waals surface area contributed by atoms with E-state index in [-0.39, 0.29) is 11.9 Å². The highest BCUT2D eigenvalue weighted by Gasteiger charge is 2.14. The summed E-state index contributed by atoms with van der Waals surface area (Å²) in [7, 11) is 0. The molecule has 0 amide bonds. The van der Waals surface area contributed by atoms with Crippen LogP contribution in [0.25, 0.3) is 0 Å². The lowest BCUT2D eigenvalue weighted by atomic mass is 10.2. The average Bonchev–Trinajstić information content (AvgIpc) is 2.29. The highest BCUT2D eigenvalue weighted by Crippen LogP contribution is 2.20. The number of halogens is 2. The van der Waals surface area contributed by atoms with E-state index in [0.29, 0.717) is 12.6 Å². The lowest BCUT2D eigenvalue weighted by molar-refractivity contribution is 0.180. The van der Waals surface area contributed by atoms with Gasteiger partial charge in [0.25, 0.3) is 0 Å². The van der Waals surface area contributed by atoms with Gasteiger partial charge in [-0.1, -0.05) is 26.8 Å². The van der Waals surface area contributed by atoms with Crippen molar-refractivity contribution in [3.8, 4) is 5.75 Å². The van der Waals surface area contributed by atoms with Crippen molar-refractivity contribution in [2.75, 3.05) is 6.54 Å². The predicted octanol–water partition coefficient (Wildman–Crippen LogP) is 3.12. The first-order chi connectivity index (χ1) is 8.04. The Hall–Kier alpha value is -1.16. The molecule has 0 spiro atoms. The molecule has 0 aliphatic rings. The summed E-state index contributed by atoms with van der Waals surface area (Å²) in [6.07, 6.45) is 0.573. The third-order valence-electron chi connectivity index (χ3n) is 2.42. The molecule has 1 aromatic carbocycles. The fraction of sp³-hybridized carbons (Fsp3) is 0.538. The molecule has 96 valence electrons. The Morgan fingerprint density at radius 3 is 2.59 bits per heavy atom. The second-order valence-electron chi connectivity index (χ2n) is 4.26. The van der Waals surface area contributed by atoms with Gasteiger partial charge in [0, 0.05) is 12.6 Å². The van der Waals surface area contributed by atoms with E-state index in [1.165, 1.54) is 12.1 Å². The molecular formula is C13H19F2NO. The minimum atomic E-state index is -0.921. The molecule has 0 fully saturated rings. The molecule has 0 bridgehead atoms. The van der Waals surface area contributed by atoms with Crippen LogP contribution in [-0.2, 0) is 0 Å². The number of nitrogens with one attached hydrogen (secondary N) is 1. The quantitative estimate of drug-likeness (QED) is 0.828. The van der Waals surface area contributed by atoms with Gasteiger partial charge in [-0.05, 0) is 18.6 Å². The Labute approximate surface area is 101 Å². The second-order valence-corrected chi connectivity index (χ2v) is 4.26. The molecule has 0 saturated heterocycles. The van der Waals surface area contributed by atoms with Crippen molar-refractivity contribution < 1.29 is 13.5 Å². The minimum absolute atomic E-state index is 0.0255. The van der Waals surface area contributed by atoms with Crippen LogP contribution in [0.5, 0.6) is 5.75 Å². The third-order valence-corrected chi connectivity index (χ3v) is 2.42. The van der Waals surface area contributed by atoms with E-state index in [4.69, 9.17) is 4.74 Å². The molecule has 1 rings (SSSR count). The molecule has 1 atom stereocenters. The van der Waals surface area contributed by atoms with Gasteiger partial charge in [0.15, 0.2) is 11.6 Å². The van der Waals surface area contributed by atoms with E-state index in [1.54, 1.807) is 0 Å². The Morgan fingerprint density at radius 2 is 2.00 bits per heavy atom. The molecule has 0 radical (unpaired) electrons. The Bertz CT molecular complexity index is 355. The molecule has 4 heteroatoms. The average molecular weight is 243 g/mol. The van der Waals surface area contributed by atoms with Gasteiger partial charge < -0.3 is 10.1 Å². The van der Waals surface area contributed by atoms with Crippen molar-refractivity contribution in [3.05, 3.63) is 29.8 Å². The van der Waals surface area contributed by atoms with Crippen molar-refractivity contribution in [1.29, 1.82) is 0 Å². The molecule has 1 N–H and O–H groups in total. The fourth-order valence-electron chi connectivity index (χ4n) is 1.39. The number of hydrogen-bond donors (Lipinski definition) is 1. The topological polar surface area (TPSA) is 21.3 Å². The number of benzene rings is 1. The van der Waals surface area contributed by atoms with Crippen LogP contribution in [0.2, 0.25) is 0 Å². The highest BCUT2D eigenvalue weighted by molar-refractivity contribution is 5.25. The van der Waals surface area contributed by atoms with Gasteiger partial charge >= 0.3 is 0 Å². The van der Waals surface area contributed by atoms with Crippen molar-refractivity contribution in [1.82, 2.24) is 5.32 Å². The molecule has 1 unspecified atom stereocenters. The van der Waals surface area contributed by atoms with Gasteiger partial charge in [0.05, 0.1) is 0 Å². The summed E-state index contributed by atoms with van der Waals surface area (Å²) in [6.45, 7) is 6.61. The van der Waals surface area contributed by atoms with E-state index in [9.17, 15) is 8.78 Å². The fourth-order valence-corrected chi connectivity index (χ4v) is 1.39. The minimum Gasteiger partial charge on any atom is -0.486 e. The van der Waals surface area contributed by atoms with Crippen LogP contribution in [0.15, 0.2) is 18.2 Å². The van der Waals surface area contributed by atoms with Gasteiger partial charge in [-0.25, -0.2) is 4.39 Å². The molecule has 0 heterocycles. The van der Waals surface area contributed by atoms with Gasteiger partial charge in [0.2, 0.25) is 5.82 Å². The van der Waals surface area contributed by atoms with E-state index in [0.717, 1.165) is 12.5 Å². The Kier molecular flexibility index (Phi) is 5.35. The number of hydrogen-bond acceptors (Lipinski definition) is 2. The first-order valence-electron chi connectivity index (χ1n) is 5.88. The van der Waals surface area contributed by atoms with Crippen molar-refractivity contribution in [2.45, 2.75) is 39.3 Å². The van der Waals surface area contributed by atoms with Crippen molar-refractivity contribution in [3.63, 3.8) is 0 Å². The normalized spacial score (nSPS) is 12.8. The third kappa shape index (κ3) is 4.30. The molecule has 0 saturated carbocycles. The van der Waals surface area contributed by atoms with Crippen LogP contribution in [0.4, 0.5) is 8.78 Å². The van der Waals surface area contributed by atoms with E-state index in [2.05, 4.69) is 5.32 Å². The second kappa shape index (κ2) is 6.55. The van der Waals surface area contributed by atoms with Crippen LogP contribution in [0.3, 0.4) is 0 Å². The lowest BCUT2D eigenvalue weighted by Gasteiger charge is -2.20. The summed E-state index contributed by atoms with van der Waals surface area (Å²) < 4.78 is 31.8. The van der Waals surface area contributed by atoms with E-state index < -0.39 is 11.6 Å². The summed E-state index contributed by atoms with van der Waals surface area (Å²) in [4.78, 5) is 0. The highest BCUT2D eigenvalue weighted by atomic mass is 19.2.